The van der Waals surface area contributed by atoms with Crippen LogP contribution in [0.4, 0.5) is 26.2 Å². The average Bonchev–Trinajstić information content (AvgIpc) is 2.41. The van der Waals surface area contributed by atoms with Gasteiger partial charge in [-0.3, -0.25) is 0 Å². The third-order valence-corrected chi connectivity index (χ3v) is 2.91. The molecule has 0 amide bonds. The van der Waals surface area contributed by atoms with Crippen LogP contribution in [-0.4, -0.2) is 16.5 Å². The molecule has 0 atom stereocenters. The number of halogens is 3. The first-order valence-corrected chi connectivity index (χ1v) is 6.88. The lowest BCUT2D eigenvalue weighted by Crippen LogP contribution is -2.06. The second-order valence-electron chi connectivity index (χ2n) is 4.06. The van der Waals surface area contributed by atoms with Crippen LogP contribution >= 0.6 is 15.9 Å². The molecule has 0 bridgehead atoms. The fourth-order valence-corrected chi connectivity index (χ4v) is 1.94. The normalized spacial score (nSPS) is 10.4. The summed E-state index contributed by atoms with van der Waals surface area (Å²) in [6.07, 6.45) is 2.44. The number of benzene rings is 1. The van der Waals surface area contributed by atoms with E-state index >= 15 is 0 Å². The molecule has 2 aromatic rings. The minimum Gasteiger partial charge on any atom is -0.354 e. The first kappa shape index (κ1) is 14.6. The Morgan fingerprint density at radius 3 is 2.60 bits per heavy atom. The Balaban J connectivity index is 2.22. The third kappa shape index (κ3) is 3.63. The van der Waals surface area contributed by atoms with Gasteiger partial charge in [0.1, 0.15) is 11.5 Å². The fraction of sp³-hybridized carbons (Fsp3) is 0.231. The minimum absolute atomic E-state index is 0.242. The summed E-state index contributed by atoms with van der Waals surface area (Å²) in [5.74, 6) is -0.661. The first-order valence-electron chi connectivity index (χ1n) is 6.08. The van der Waals surface area contributed by atoms with Gasteiger partial charge in [0.2, 0.25) is 5.95 Å². The maximum Gasteiger partial charge on any atom is 0.224 e. The van der Waals surface area contributed by atoms with Crippen molar-refractivity contribution in [3.8, 4) is 0 Å². The zero-order valence-corrected chi connectivity index (χ0v) is 12.3. The second kappa shape index (κ2) is 6.60. The lowest BCUT2D eigenvalue weighted by molar-refractivity contribution is 0.589. The zero-order valence-electron chi connectivity index (χ0n) is 10.8. The lowest BCUT2D eigenvalue weighted by atomic mass is 10.3. The van der Waals surface area contributed by atoms with Crippen LogP contribution in [0.5, 0.6) is 0 Å². The van der Waals surface area contributed by atoms with Crippen molar-refractivity contribution in [2.24, 2.45) is 0 Å². The number of hydrogen-bond donors (Lipinski definition) is 2. The molecule has 1 aromatic heterocycles. The van der Waals surface area contributed by atoms with E-state index < -0.39 is 11.6 Å². The van der Waals surface area contributed by atoms with Crippen molar-refractivity contribution < 1.29 is 8.78 Å². The summed E-state index contributed by atoms with van der Waals surface area (Å²) in [5.41, 5.74) is -0.242. The fourth-order valence-electron chi connectivity index (χ4n) is 1.54. The molecule has 1 aromatic carbocycles. The van der Waals surface area contributed by atoms with Gasteiger partial charge in [0, 0.05) is 17.2 Å². The summed E-state index contributed by atoms with van der Waals surface area (Å²) in [5, 5.41) is 5.62. The van der Waals surface area contributed by atoms with Gasteiger partial charge in [-0.25, -0.2) is 13.8 Å². The number of hydrogen-bond acceptors (Lipinski definition) is 4. The standard InChI is InChI=1S/C13H13BrF2N4/c1-2-4-17-13-18-5-3-11(20-13)19-12-9(15)6-8(14)7-10(12)16/h3,5-7H,2,4H2,1H3,(H2,17,18,19,20). The molecule has 0 aliphatic carbocycles. The molecule has 2 rings (SSSR count). The average molecular weight is 343 g/mol. The number of anilines is 3. The molecule has 7 heteroatoms. The van der Waals surface area contributed by atoms with Gasteiger partial charge in [0.25, 0.3) is 0 Å². The van der Waals surface area contributed by atoms with Gasteiger partial charge in [0.05, 0.1) is 0 Å². The van der Waals surface area contributed by atoms with Gasteiger partial charge in [-0.2, -0.15) is 4.98 Å². The number of nitrogens with zero attached hydrogens (tertiary/aromatic N) is 2. The predicted octanol–water partition coefficient (Wildman–Crippen LogP) is 4.08. The molecule has 0 saturated carbocycles. The van der Waals surface area contributed by atoms with E-state index in [0.717, 1.165) is 13.0 Å². The summed E-state index contributed by atoms with van der Waals surface area (Å²) in [6.45, 7) is 2.74. The van der Waals surface area contributed by atoms with Crippen molar-refractivity contribution in [3.05, 3.63) is 40.5 Å². The van der Waals surface area contributed by atoms with Gasteiger partial charge >= 0.3 is 0 Å². The molecule has 0 radical (unpaired) electrons. The van der Waals surface area contributed by atoms with Crippen LogP contribution in [0.15, 0.2) is 28.9 Å². The molecule has 0 spiro atoms. The van der Waals surface area contributed by atoms with Crippen molar-refractivity contribution in [2.75, 3.05) is 17.2 Å². The van der Waals surface area contributed by atoms with E-state index in [-0.39, 0.29) is 5.69 Å². The largest absolute Gasteiger partial charge is 0.354 e. The molecule has 0 aliphatic heterocycles. The zero-order chi connectivity index (χ0) is 14.5. The minimum atomic E-state index is -0.696. The van der Waals surface area contributed by atoms with E-state index in [1.165, 1.54) is 24.4 Å². The lowest BCUT2D eigenvalue weighted by Gasteiger charge is -2.10. The van der Waals surface area contributed by atoms with Crippen LogP contribution < -0.4 is 10.6 Å². The van der Waals surface area contributed by atoms with Crippen LogP contribution in [0.3, 0.4) is 0 Å². The Morgan fingerprint density at radius 2 is 1.95 bits per heavy atom. The molecular weight excluding hydrogens is 330 g/mol. The Labute approximate surface area is 123 Å². The van der Waals surface area contributed by atoms with Crippen LogP contribution in [-0.2, 0) is 0 Å². The summed E-state index contributed by atoms with van der Waals surface area (Å²) >= 11 is 3.03. The molecule has 106 valence electrons. The van der Waals surface area contributed by atoms with E-state index in [9.17, 15) is 8.78 Å². The Kier molecular flexibility index (Phi) is 4.84. The number of nitrogens with one attached hydrogen (secondary N) is 2. The van der Waals surface area contributed by atoms with Gasteiger partial charge in [-0.15, -0.1) is 0 Å². The molecular formula is C13H13BrF2N4. The monoisotopic (exact) mass is 342 g/mol. The second-order valence-corrected chi connectivity index (χ2v) is 4.98. The number of rotatable bonds is 5. The molecule has 0 aliphatic rings. The van der Waals surface area contributed by atoms with Crippen molar-refractivity contribution in [3.63, 3.8) is 0 Å². The predicted molar refractivity (Wildman–Crippen MR) is 78.2 cm³/mol. The summed E-state index contributed by atoms with van der Waals surface area (Å²) < 4.78 is 27.8. The highest BCUT2D eigenvalue weighted by atomic mass is 79.9. The molecule has 20 heavy (non-hydrogen) atoms. The maximum atomic E-state index is 13.7. The maximum absolute atomic E-state index is 13.7. The van der Waals surface area contributed by atoms with Crippen LogP contribution in [0.1, 0.15) is 13.3 Å². The molecule has 0 fully saturated rings. The van der Waals surface area contributed by atoms with Gasteiger partial charge < -0.3 is 10.6 Å². The van der Waals surface area contributed by atoms with E-state index in [0.29, 0.717) is 16.2 Å². The van der Waals surface area contributed by atoms with Crippen molar-refractivity contribution in [1.82, 2.24) is 9.97 Å². The van der Waals surface area contributed by atoms with E-state index in [4.69, 9.17) is 0 Å². The molecule has 0 unspecified atom stereocenters. The van der Waals surface area contributed by atoms with Crippen molar-refractivity contribution >= 4 is 33.4 Å². The van der Waals surface area contributed by atoms with Crippen LogP contribution in [0, 0.1) is 11.6 Å². The van der Waals surface area contributed by atoms with Crippen molar-refractivity contribution in [2.45, 2.75) is 13.3 Å². The molecule has 4 nitrogen and oxygen atoms in total. The SMILES string of the molecule is CCCNc1nccc(Nc2c(F)cc(Br)cc2F)n1. The quantitative estimate of drug-likeness (QED) is 0.859. The van der Waals surface area contributed by atoms with Crippen molar-refractivity contribution in [1.29, 1.82) is 0 Å². The van der Waals surface area contributed by atoms with Crippen LogP contribution in [0.2, 0.25) is 0 Å². The smallest absolute Gasteiger partial charge is 0.224 e. The van der Waals surface area contributed by atoms with E-state index in [1.807, 2.05) is 6.92 Å². The van der Waals surface area contributed by atoms with E-state index in [2.05, 4.69) is 36.5 Å². The van der Waals surface area contributed by atoms with E-state index in [1.54, 1.807) is 0 Å². The molecule has 2 N–H and O–H groups in total. The highest BCUT2D eigenvalue weighted by molar-refractivity contribution is 9.10. The van der Waals surface area contributed by atoms with Gasteiger partial charge in [-0.1, -0.05) is 22.9 Å². The summed E-state index contributed by atoms with van der Waals surface area (Å²) in [6, 6.07) is 3.91. The van der Waals surface area contributed by atoms with Gasteiger partial charge in [0.15, 0.2) is 11.6 Å². The van der Waals surface area contributed by atoms with Gasteiger partial charge in [-0.05, 0) is 24.6 Å². The highest BCUT2D eigenvalue weighted by Crippen LogP contribution is 2.26. The topological polar surface area (TPSA) is 49.8 Å². The molecule has 1 heterocycles. The Bertz CT molecular complexity index is 584. The molecule has 0 saturated heterocycles. The summed E-state index contributed by atoms with van der Waals surface area (Å²) in [4.78, 5) is 8.15. The Hall–Kier alpha value is -1.76. The Morgan fingerprint density at radius 1 is 1.25 bits per heavy atom. The van der Waals surface area contributed by atoms with Crippen LogP contribution in [0.25, 0.3) is 0 Å². The first-order chi connectivity index (χ1) is 9.60. The highest BCUT2D eigenvalue weighted by Gasteiger charge is 2.11. The summed E-state index contributed by atoms with van der Waals surface area (Å²) in [7, 11) is 0. The number of aromatic nitrogens is 2. The third-order valence-electron chi connectivity index (χ3n) is 2.45.